The highest BCUT2D eigenvalue weighted by Gasteiger charge is 2.49. The van der Waals surface area contributed by atoms with Gasteiger partial charge in [-0.2, -0.15) is 0 Å². The second-order valence-corrected chi connectivity index (χ2v) is 6.73. The second kappa shape index (κ2) is 5.84. The molecule has 6 heteroatoms. The minimum absolute atomic E-state index is 0.139. The van der Waals surface area contributed by atoms with Gasteiger partial charge in [-0.3, -0.25) is 0 Å². The van der Waals surface area contributed by atoms with Crippen LogP contribution < -0.4 is 5.32 Å². The van der Waals surface area contributed by atoms with Crippen LogP contribution in [0.25, 0.3) is 0 Å². The third-order valence-corrected chi connectivity index (χ3v) is 3.97. The van der Waals surface area contributed by atoms with E-state index in [0.717, 1.165) is 19.3 Å². The van der Waals surface area contributed by atoms with E-state index in [4.69, 9.17) is 4.74 Å². The summed E-state index contributed by atoms with van der Waals surface area (Å²) >= 11 is 0. The van der Waals surface area contributed by atoms with Crippen LogP contribution in [0.3, 0.4) is 0 Å². The molecule has 20 heavy (non-hydrogen) atoms. The van der Waals surface area contributed by atoms with Gasteiger partial charge in [0.05, 0.1) is 6.54 Å². The lowest BCUT2D eigenvalue weighted by molar-refractivity contribution is 0.0204. The Balaban J connectivity index is 1.88. The Morgan fingerprint density at radius 3 is 2.70 bits per heavy atom. The van der Waals surface area contributed by atoms with E-state index in [1.807, 2.05) is 25.7 Å². The monoisotopic (exact) mass is 290 g/mol. The van der Waals surface area contributed by atoms with Crippen molar-refractivity contribution in [3.05, 3.63) is 0 Å². The number of nitrogens with one attached hydrogen (secondary N) is 1. The lowest BCUT2D eigenvalue weighted by atomic mass is 9.89. The van der Waals surface area contributed by atoms with E-state index in [-0.39, 0.29) is 30.6 Å². The van der Waals surface area contributed by atoms with E-state index in [1.165, 1.54) is 0 Å². The van der Waals surface area contributed by atoms with Gasteiger partial charge in [0, 0.05) is 18.6 Å². The van der Waals surface area contributed by atoms with Crippen LogP contribution in [0.5, 0.6) is 0 Å². The Labute approximate surface area is 118 Å². The van der Waals surface area contributed by atoms with E-state index >= 15 is 0 Å². The first-order valence-electron chi connectivity index (χ1n) is 7.28. The Kier molecular flexibility index (Phi) is 4.52. The quantitative estimate of drug-likeness (QED) is 0.865. The lowest BCUT2D eigenvalue weighted by Crippen LogP contribution is -2.41. The maximum atomic E-state index is 12.2. The normalized spacial score (nSPS) is 29.3. The molecule has 1 N–H and O–H groups in total. The van der Waals surface area contributed by atoms with E-state index in [0.29, 0.717) is 6.54 Å². The topological polar surface area (TPSA) is 41.6 Å². The van der Waals surface area contributed by atoms with Crippen LogP contribution in [-0.4, -0.2) is 48.2 Å². The summed E-state index contributed by atoms with van der Waals surface area (Å²) in [4.78, 5) is 14.0. The molecule has 3 atom stereocenters. The molecular weight excluding hydrogens is 266 g/mol. The molecule has 1 amide bonds. The molecule has 0 aromatic heterocycles. The van der Waals surface area contributed by atoms with Crippen molar-refractivity contribution in [2.45, 2.75) is 64.1 Å². The van der Waals surface area contributed by atoms with Crippen LogP contribution in [0, 0.1) is 5.92 Å². The highest BCUT2D eigenvalue weighted by atomic mass is 19.3. The van der Waals surface area contributed by atoms with E-state index in [9.17, 15) is 13.6 Å². The van der Waals surface area contributed by atoms with E-state index in [1.54, 1.807) is 0 Å². The first-order valence-corrected chi connectivity index (χ1v) is 7.28. The third kappa shape index (κ3) is 3.59. The van der Waals surface area contributed by atoms with Gasteiger partial charge >= 0.3 is 6.09 Å². The van der Waals surface area contributed by atoms with Gasteiger partial charge in [0.2, 0.25) is 0 Å². The number of fused-ring (bicyclic) bond motifs is 2. The maximum absolute atomic E-state index is 12.2. The molecule has 2 bridgehead atoms. The second-order valence-electron chi connectivity index (χ2n) is 6.73. The van der Waals surface area contributed by atoms with Crippen molar-refractivity contribution in [3.8, 4) is 0 Å². The minimum atomic E-state index is -2.32. The fourth-order valence-corrected chi connectivity index (χ4v) is 3.31. The van der Waals surface area contributed by atoms with Crippen molar-refractivity contribution in [3.63, 3.8) is 0 Å². The fourth-order valence-electron chi connectivity index (χ4n) is 3.31. The van der Waals surface area contributed by atoms with Gasteiger partial charge in [0.1, 0.15) is 5.60 Å². The number of carbonyl (C=O) groups is 1. The number of halogens is 2. The molecule has 0 saturated carbocycles. The number of amides is 1. The maximum Gasteiger partial charge on any atom is 0.410 e. The van der Waals surface area contributed by atoms with Gasteiger partial charge < -0.3 is 15.0 Å². The van der Waals surface area contributed by atoms with Crippen LogP contribution in [0.15, 0.2) is 0 Å². The van der Waals surface area contributed by atoms with Crippen molar-refractivity contribution in [2.75, 3.05) is 13.1 Å². The standard InChI is InChI=1S/C14H24F2N2O2/c1-14(2,3)20-13(19)18-10-4-5-11(18)9(6-10)7-17-8-12(15)16/h9-12,17H,4-8H2,1-3H3. The summed E-state index contributed by atoms with van der Waals surface area (Å²) in [6.07, 6.45) is 0.247. The van der Waals surface area contributed by atoms with Gasteiger partial charge in [-0.25, -0.2) is 13.6 Å². The molecule has 2 aliphatic rings. The molecule has 3 unspecified atom stereocenters. The molecule has 0 aromatic carbocycles. The van der Waals surface area contributed by atoms with Crippen LogP contribution in [0.2, 0.25) is 0 Å². The molecule has 0 spiro atoms. The Bertz CT molecular complexity index is 358. The molecular formula is C14H24F2N2O2. The summed E-state index contributed by atoms with van der Waals surface area (Å²) in [5, 5.41) is 2.79. The predicted octanol–water partition coefficient (Wildman–Crippen LogP) is 2.63. The summed E-state index contributed by atoms with van der Waals surface area (Å²) in [6.45, 7) is 5.82. The first kappa shape index (κ1) is 15.5. The van der Waals surface area contributed by atoms with E-state index < -0.39 is 12.0 Å². The zero-order chi connectivity index (χ0) is 14.9. The average molecular weight is 290 g/mol. The van der Waals surface area contributed by atoms with Gasteiger partial charge in [-0.15, -0.1) is 0 Å². The molecule has 2 heterocycles. The Morgan fingerprint density at radius 1 is 1.40 bits per heavy atom. The summed E-state index contributed by atoms with van der Waals surface area (Å²) < 4.78 is 29.7. The van der Waals surface area contributed by atoms with Crippen molar-refractivity contribution >= 4 is 6.09 Å². The molecule has 2 aliphatic heterocycles. The molecule has 0 aromatic rings. The molecule has 2 fully saturated rings. The van der Waals surface area contributed by atoms with Crippen LogP contribution in [0.4, 0.5) is 13.6 Å². The van der Waals surface area contributed by atoms with E-state index in [2.05, 4.69) is 5.32 Å². The third-order valence-electron chi connectivity index (χ3n) is 3.97. The highest BCUT2D eigenvalue weighted by molar-refractivity contribution is 5.70. The average Bonchev–Trinajstić information content (AvgIpc) is 2.83. The van der Waals surface area contributed by atoms with Crippen LogP contribution >= 0.6 is 0 Å². The SMILES string of the molecule is CC(C)(C)OC(=O)N1C2CCC1C(CNCC(F)F)C2. The Hall–Kier alpha value is -0.910. The molecule has 2 saturated heterocycles. The van der Waals surface area contributed by atoms with Gasteiger partial charge in [0.25, 0.3) is 6.43 Å². The molecule has 0 aliphatic carbocycles. The summed E-state index contributed by atoms with van der Waals surface area (Å²) in [5.74, 6) is 0.264. The predicted molar refractivity (Wildman–Crippen MR) is 71.9 cm³/mol. The van der Waals surface area contributed by atoms with Crippen molar-refractivity contribution in [1.29, 1.82) is 0 Å². The van der Waals surface area contributed by atoms with Crippen molar-refractivity contribution in [1.82, 2.24) is 10.2 Å². The number of alkyl halides is 2. The first-order chi connectivity index (χ1) is 9.28. The number of hydrogen-bond donors (Lipinski definition) is 1. The van der Waals surface area contributed by atoms with Crippen LogP contribution in [0.1, 0.15) is 40.0 Å². The fraction of sp³-hybridized carbons (Fsp3) is 0.929. The summed E-state index contributed by atoms with van der Waals surface area (Å²) in [7, 11) is 0. The Morgan fingerprint density at radius 2 is 2.10 bits per heavy atom. The molecule has 116 valence electrons. The number of hydrogen-bond acceptors (Lipinski definition) is 3. The number of carbonyl (C=O) groups excluding carboxylic acids is 1. The largest absolute Gasteiger partial charge is 0.444 e. The molecule has 2 rings (SSSR count). The smallest absolute Gasteiger partial charge is 0.410 e. The van der Waals surface area contributed by atoms with Crippen LogP contribution in [-0.2, 0) is 4.74 Å². The number of nitrogens with zero attached hydrogens (tertiary/aromatic N) is 1. The number of ether oxygens (including phenoxy) is 1. The zero-order valence-corrected chi connectivity index (χ0v) is 12.4. The zero-order valence-electron chi connectivity index (χ0n) is 12.4. The van der Waals surface area contributed by atoms with Gasteiger partial charge in [-0.05, 0) is 46.0 Å². The van der Waals surface area contributed by atoms with Gasteiger partial charge in [0.15, 0.2) is 0 Å². The summed E-state index contributed by atoms with van der Waals surface area (Å²) in [6, 6.07) is 0.355. The molecule has 0 radical (unpaired) electrons. The number of rotatable bonds is 4. The summed E-state index contributed by atoms with van der Waals surface area (Å²) in [5.41, 5.74) is -0.497. The van der Waals surface area contributed by atoms with Gasteiger partial charge in [-0.1, -0.05) is 0 Å². The molecule has 4 nitrogen and oxygen atoms in total. The lowest BCUT2D eigenvalue weighted by Gasteiger charge is -2.28. The van der Waals surface area contributed by atoms with Crippen molar-refractivity contribution < 1.29 is 18.3 Å². The van der Waals surface area contributed by atoms with Crippen molar-refractivity contribution in [2.24, 2.45) is 5.92 Å². The minimum Gasteiger partial charge on any atom is -0.444 e. The highest BCUT2D eigenvalue weighted by Crippen LogP contribution is 2.42.